The van der Waals surface area contributed by atoms with Gasteiger partial charge in [0.05, 0.1) is 5.69 Å². The van der Waals surface area contributed by atoms with Gasteiger partial charge in [-0.05, 0) is 19.8 Å². The van der Waals surface area contributed by atoms with Gasteiger partial charge < -0.3 is 20.1 Å². The minimum atomic E-state index is -1.06. The van der Waals surface area contributed by atoms with Crippen LogP contribution in [-0.2, 0) is 9.53 Å². The quantitative estimate of drug-likeness (QED) is 0.736. The SMILES string of the molecule is Cc1[nH]cc(NC(=O)[C@H]2CCCO2)c1C(=O)O. The van der Waals surface area contributed by atoms with Crippen LogP contribution in [0.1, 0.15) is 28.9 Å². The monoisotopic (exact) mass is 238 g/mol. The van der Waals surface area contributed by atoms with Gasteiger partial charge in [-0.2, -0.15) is 0 Å². The summed E-state index contributed by atoms with van der Waals surface area (Å²) in [6.07, 6.45) is 2.55. The lowest BCUT2D eigenvalue weighted by Gasteiger charge is -2.09. The number of carbonyl (C=O) groups excluding carboxylic acids is 1. The largest absolute Gasteiger partial charge is 0.478 e. The molecule has 1 saturated heterocycles. The zero-order valence-electron chi connectivity index (χ0n) is 9.45. The number of carbonyl (C=O) groups is 2. The smallest absolute Gasteiger partial charge is 0.339 e. The fourth-order valence-electron chi connectivity index (χ4n) is 1.90. The van der Waals surface area contributed by atoms with Crippen molar-refractivity contribution in [3.8, 4) is 0 Å². The highest BCUT2D eigenvalue weighted by atomic mass is 16.5. The number of aromatic carboxylic acids is 1. The first-order valence-corrected chi connectivity index (χ1v) is 5.43. The van der Waals surface area contributed by atoms with E-state index in [4.69, 9.17) is 9.84 Å². The summed E-state index contributed by atoms with van der Waals surface area (Å²) in [5, 5.41) is 11.6. The number of amides is 1. The van der Waals surface area contributed by atoms with Crippen molar-refractivity contribution in [1.29, 1.82) is 0 Å². The van der Waals surface area contributed by atoms with Gasteiger partial charge in [0, 0.05) is 18.5 Å². The van der Waals surface area contributed by atoms with Crippen LogP contribution in [0.3, 0.4) is 0 Å². The van der Waals surface area contributed by atoms with Crippen LogP contribution in [0.4, 0.5) is 5.69 Å². The van der Waals surface area contributed by atoms with Crippen LogP contribution in [0.2, 0.25) is 0 Å². The normalized spacial score (nSPS) is 19.2. The van der Waals surface area contributed by atoms with E-state index in [1.165, 1.54) is 6.20 Å². The number of aromatic nitrogens is 1. The second-order valence-corrected chi connectivity index (χ2v) is 4.00. The summed E-state index contributed by atoms with van der Waals surface area (Å²) in [4.78, 5) is 25.5. The number of ether oxygens (including phenoxy) is 1. The molecule has 0 saturated carbocycles. The Morgan fingerprint density at radius 2 is 2.35 bits per heavy atom. The predicted molar refractivity (Wildman–Crippen MR) is 60.1 cm³/mol. The molecule has 1 aliphatic rings. The van der Waals surface area contributed by atoms with E-state index in [9.17, 15) is 9.59 Å². The van der Waals surface area contributed by atoms with Gasteiger partial charge in [-0.15, -0.1) is 0 Å². The summed E-state index contributed by atoms with van der Waals surface area (Å²) >= 11 is 0. The van der Waals surface area contributed by atoms with Crippen molar-refractivity contribution in [2.75, 3.05) is 11.9 Å². The van der Waals surface area contributed by atoms with Gasteiger partial charge in [-0.3, -0.25) is 4.79 Å². The molecule has 1 aliphatic heterocycles. The van der Waals surface area contributed by atoms with Crippen molar-refractivity contribution in [2.24, 2.45) is 0 Å². The number of H-pyrrole nitrogens is 1. The molecule has 0 bridgehead atoms. The zero-order chi connectivity index (χ0) is 12.4. The Kier molecular flexibility index (Phi) is 3.14. The van der Waals surface area contributed by atoms with Crippen LogP contribution in [0, 0.1) is 6.92 Å². The molecule has 0 aromatic carbocycles. The Morgan fingerprint density at radius 1 is 1.59 bits per heavy atom. The number of nitrogens with one attached hydrogen (secondary N) is 2. The molecule has 0 radical (unpaired) electrons. The third kappa shape index (κ3) is 2.31. The van der Waals surface area contributed by atoms with Crippen LogP contribution in [0.5, 0.6) is 0 Å². The number of carboxylic acid groups (broad SMARTS) is 1. The lowest BCUT2D eigenvalue weighted by Crippen LogP contribution is -2.27. The first kappa shape index (κ1) is 11.7. The van der Waals surface area contributed by atoms with Gasteiger partial charge in [0.1, 0.15) is 11.7 Å². The molecule has 1 aromatic heterocycles. The van der Waals surface area contributed by atoms with E-state index >= 15 is 0 Å². The Balaban J connectivity index is 2.13. The Hall–Kier alpha value is -1.82. The molecule has 1 amide bonds. The molecule has 2 rings (SSSR count). The lowest BCUT2D eigenvalue weighted by molar-refractivity contribution is -0.124. The van der Waals surface area contributed by atoms with Crippen molar-refractivity contribution in [1.82, 2.24) is 4.98 Å². The third-order valence-electron chi connectivity index (χ3n) is 2.77. The summed E-state index contributed by atoms with van der Waals surface area (Å²) < 4.78 is 5.22. The van der Waals surface area contributed by atoms with E-state index < -0.39 is 12.1 Å². The molecule has 2 heterocycles. The van der Waals surface area contributed by atoms with Crippen molar-refractivity contribution in [2.45, 2.75) is 25.9 Å². The van der Waals surface area contributed by atoms with E-state index in [-0.39, 0.29) is 17.2 Å². The van der Waals surface area contributed by atoms with Crippen LogP contribution < -0.4 is 5.32 Å². The second kappa shape index (κ2) is 4.58. The number of carboxylic acids is 1. The van der Waals surface area contributed by atoms with Crippen molar-refractivity contribution in [3.63, 3.8) is 0 Å². The number of aromatic amines is 1. The average Bonchev–Trinajstić information content (AvgIpc) is 2.87. The van der Waals surface area contributed by atoms with Gasteiger partial charge in [0.2, 0.25) is 0 Å². The highest BCUT2D eigenvalue weighted by molar-refractivity contribution is 6.02. The number of hydrogen-bond donors (Lipinski definition) is 3. The molecule has 3 N–H and O–H groups in total. The Bertz CT molecular complexity index is 446. The topological polar surface area (TPSA) is 91.4 Å². The van der Waals surface area contributed by atoms with E-state index in [2.05, 4.69) is 10.3 Å². The summed E-state index contributed by atoms with van der Waals surface area (Å²) in [6, 6.07) is 0. The molecule has 0 spiro atoms. The maximum atomic E-state index is 11.8. The number of anilines is 1. The van der Waals surface area contributed by atoms with E-state index in [0.29, 0.717) is 18.7 Å². The van der Waals surface area contributed by atoms with E-state index in [0.717, 1.165) is 6.42 Å². The molecule has 1 aromatic rings. The molecule has 6 nitrogen and oxygen atoms in total. The molecule has 1 fully saturated rings. The lowest BCUT2D eigenvalue weighted by atomic mass is 10.2. The van der Waals surface area contributed by atoms with Gasteiger partial charge in [0.15, 0.2) is 0 Å². The molecular weight excluding hydrogens is 224 g/mol. The van der Waals surface area contributed by atoms with Crippen LogP contribution in [-0.4, -0.2) is 34.7 Å². The van der Waals surface area contributed by atoms with Gasteiger partial charge in [-0.25, -0.2) is 4.79 Å². The van der Waals surface area contributed by atoms with Crippen molar-refractivity contribution >= 4 is 17.6 Å². The maximum absolute atomic E-state index is 11.8. The summed E-state index contributed by atoms with van der Waals surface area (Å²) in [7, 11) is 0. The number of rotatable bonds is 3. The van der Waals surface area contributed by atoms with Gasteiger partial charge >= 0.3 is 5.97 Å². The Morgan fingerprint density at radius 3 is 2.94 bits per heavy atom. The molecule has 92 valence electrons. The molecule has 0 aliphatic carbocycles. The third-order valence-corrected chi connectivity index (χ3v) is 2.77. The zero-order valence-corrected chi connectivity index (χ0v) is 9.45. The molecule has 1 atom stereocenters. The van der Waals surface area contributed by atoms with Crippen LogP contribution in [0.15, 0.2) is 6.20 Å². The first-order valence-electron chi connectivity index (χ1n) is 5.43. The van der Waals surface area contributed by atoms with E-state index in [1.54, 1.807) is 6.92 Å². The standard InChI is InChI=1S/C11H14N2O4/c1-6-9(11(15)16)7(5-12-6)13-10(14)8-3-2-4-17-8/h5,8,12H,2-4H2,1H3,(H,13,14)(H,15,16)/t8-/m1/s1. The van der Waals surface area contributed by atoms with Crippen LogP contribution >= 0.6 is 0 Å². The molecule has 17 heavy (non-hydrogen) atoms. The molecular formula is C11H14N2O4. The summed E-state index contributed by atoms with van der Waals surface area (Å²) in [5.74, 6) is -1.35. The van der Waals surface area contributed by atoms with Crippen molar-refractivity contribution < 1.29 is 19.4 Å². The van der Waals surface area contributed by atoms with Crippen molar-refractivity contribution in [3.05, 3.63) is 17.5 Å². The minimum Gasteiger partial charge on any atom is -0.478 e. The summed E-state index contributed by atoms with van der Waals surface area (Å²) in [5.41, 5.74) is 0.895. The fourth-order valence-corrected chi connectivity index (χ4v) is 1.90. The maximum Gasteiger partial charge on any atom is 0.339 e. The first-order chi connectivity index (χ1) is 8.09. The highest BCUT2D eigenvalue weighted by Crippen LogP contribution is 2.21. The molecule has 6 heteroatoms. The minimum absolute atomic E-state index is 0.0938. The highest BCUT2D eigenvalue weighted by Gasteiger charge is 2.25. The average molecular weight is 238 g/mol. The summed E-state index contributed by atoms with van der Waals surface area (Å²) in [6.45, 7) is 2.22. The Labute approximate surface area is 98.0 Å². The number of hydrogen-bond acceptors (Lipinski definition) is 3. The fraction of sp³-hybridized carbons (Fsp3) is 0.455. The van der Waals surface area contributed by atoms with Gasteiger partial charge in [0.25, 0.3) is 5.91 Å². The van der Waals surface area contributed by atoms with Crippen LogP contribution in [0.25, 0.3) is 0 Å². The molecule has 0 unspecified atom stereocenters. The van der Waals surface area contributed by atoms with E-state index in [1.807, 2.05) is 0 Å². The predicted octanol–water partition coefficient (Wildman–Crippen LogP) is 1.14. The number of aryl methyl sites for hydroxylation is 1. The second-order valence-electron chi connectivity index (χ2n) is 4.00. The van der Waals surface area contributed by atoms with Gasteiger partial charge in [-0.1, -0.05) is 0 Å².